The normalized spacial score (nSPS) is 13.7. The molecule has 0 fully saturated rings. The Labute approximate surface area is 40.6 Å². The fourth-order valence-corrected chi connectivity index (χ4v) is 0. The minimum Gasteiger partial charge on any atom is -0.479 e. The van der Waals surface area contributed by atoms with Gasteiger partial charge in [0.15, 0.2) is 0 Å². The van der Waals surface area contributed by atoms with Gasteiger partial charge in [0.2, 0.25) is 0 Å². The Morgan fingerprint density at radius 3 is 2.17 bits per heavy atom. The SMILES string of the molecule is N[C@H](S)C(=O)O. The van der Waals surface area contributed by atoms with Crippen LogP contribution in [0.25, 0.3) is 0 Å². The molecule has 6 heavy (non-hydrogen) atoms. The molecule has 36 valence electrons. The molecule has 0 aromatic heterocycles. The summed E-state index contributed by atoms with van der Waals surface area (Å²) in [5.74, 6) is -1.10. The molecule has 0 aliphatic heterocycles. The zero-order valence-corrected chi connectivity index (χ0v) is 3.85. The second-order valence-electron chi connectivity index (χ2n) is 0.783. The first-order chi connectivity index (χ1) is 2.64. The monoisotopic (exact) mass is 107 g/mol. The van der Waals surface area contributed by atoms with Crippen molar-refractivity contribution in [3.05, 3.63) is 0 Å². The first kappa shape index (κ1) is 5.78. The predicted molar refractivity (Wildman–Crippen MR) is 24.6 cm³/mol. The molecule has 0 saturated carbocycles. The molecule has 0 aromatic rings. The van der Waals surface area contributed by atoms with Crippen LogP contribution in [0.5, 0.6) is 0 Å². The van der Waals surface area contributed by atoms with Gasteiger partial charge in [0.25, 0.3) is 0 Å². The first-order valence-corrected chi connectivity index (χ1v) is 1.82. The summed E-state index contributed by atoms with van der Waals surface area (Å²) in [5.41, 5.74) is 4.70. The Bertz CT molecular complexity index is 62.6. The van der Waals surface area contributed by atoms with Crippen molar-refractivity contribution in [2.24, 2.45) is 5.73 Å². The Morgan fingerprint density at radius 1 is 2.00 bits per heavy atom. The van der Waals surface area contributed by atoms with Gasteiger partial charge in [0.05, 0.1) is 0 Å². The van der Waals surface area contributed by atoms with Crippen LogP contribution in [0.4, 0.5) is 0 Å². The molecule has 0 saturated heterocycles. The molecule has 0 bridgehead atoms. The first-order valence-electron chi connectivity index (χ1n) is 1.31. The van der Waals surface area contributed by atoms with E-state index in [9.17, 15) is 4.79 Å². The largest absolute Gasteiger partial charge is 0.479 e. The highest BCUT2D eigenvalue weighted by atomic mass is 32.1. The van der Waals surface area contributed by atoms with E-state index in [2.05, 4.69) is 12.6 Å². The highest BCUT2D eigenvalue weighted by Crippen LogP contribution is 1.79. The molecule has 0 unspecified atom stereocenters. The number of hydrogen-bond donors (Lipinski definition) is 3. The van der Waals surface area contributed by atoms with Crippen LogP contribution in [0.2, 0.25) is 0 Å². The molecule has 3 nitrogen and oxygen atoms in total. The summed E-state index contributed by atoms with van der Waals surface area (Å²) in [7, 11) is 0. The van der Waals surface area contributed by atoms with Crippen LogP contribution < -0.4 is 5.73 Å². The molecule has 0 aliphatic rings. The van der Waals surface area contributed by atoms with E-state index < -0.39 is 11.3 Å². The van der Waals surface area contributed by atoms with E-state index in [1.54, 1.807) is 0 Å². The lowest BCUT2D eigenvalue weighted by molar-refractivity contribution is -0.136. The molecule has 0 rings (SSSR count). The molecule has 0 spiro atoms. The predicted octanol–water partition coefficient (Wildman–Crippen LogP) is -0.714. The second-order valence-corrected chi connectivity index (χ2v) is 1.34. The Hall–Kier alpha value is -0.220. The van der Waals surface area contributed by atoms with Crippen molar-refractivity contribution in [1.82, 2.24) is 0 Å². The van der Waals surface area contributed by atoms with Crippen molar-refractivity contribution in [2.75, 3.05) is 0 Å². The highest BCUT2D eigenvalue weighted by Gasteiger charge is 2.00. The molecule has 0 aliphatic carbocycles. The van der Waals surface area contributed by atoms with Gasteiger partial charge >= 0.3 is 5.97 Å². The molecule has 0 radical (unpaired) electrons. The summed E-state index contributed by atoms with van der Waals surface area (Å²) < 4.78 is 0. The van der Waals surface area contributed by atoms with Crippen LogP contribution in [0, 0.1) is 0 Å². The average molecular weight is 107 g/mol. The third-order valence-corrected chi connectivity index (χ3v) is 0.474. The summed E-state index contributed by atoms with van der Waals surface area (Å²) in [5, 5.41) is 6.75. The van der Waals surface area contributed by atoms with Crippen LogP contribution in [0.3, 0.4) is 0 Å². The standard InChI is InChI=1S/C2H5NO2S/c3-1(6)2(4)5/h1,6H,3H2,(H,4,5)/t1-/m1/s1. The zero-order valence-electron chi connectivity index (χ0n) is 2.96. The third-order valence-electron chi connectivity index (χ3n) is 0.253. The van der Waals surface area contributed by atoms with Crippen LogP contribution in [0.15, 0.2) is 0 Å². The van der Waals surface area contributed by atoms with Gasteiger partial charge in [-0.3, -0.25) is 0 Å². The second kappa shape index (κ2) is 2.04. The lowest BCUT2D eigenvalue weighted by atomic mass is 10.7. The van der Waals surface area contributed by atoms with Gasteiger partial charge in [-0.15, -0.1) is 12.6 Å². The van der Waals surface area contributed by atoms with Crippen molar-refractivity contribution in [1.29, 1.82) is 0 Å². The summed E-state index contributed by atoms with van der Waals surface area (Å²) in [6.45, 7) is 0. The number of nitrogens with two attached hydrogens (primary N) is 1. The summed E-state index contributed by atoms with van der Waals surface area (Å²) in [4.78, 5) is 9.50. The van der Waals surface area contributed by atoms with Gasteiger partial charge in [0.1, 0.15) is 5.37 Å². The quantitative estimate of drug-likeness (QED) is 0.306. The van der Waals surface area contributed by atoms with E-state index in [0.717, 1.165) is 0 Å². The van der Waals surface area contributed by atoms with E-state index in [1.807, 2.05) is 0 Å². The highest BCUT2D eigenvalue weighted by molar-refractivity contribution is 7.81. The average Bonchev–Trinajstić information content (AvgIpc) is 1.36. The maximum atomic E-state index is 9.50. The van der Waals surface area contributed by atoms with Gasteiger partial charge in [-0.05, 0) is 0 Å². The number of carbonyl (C=O) groups is 1. The summed E-state index contributed by atoms with van der Waals surface area (Å²) >= 11 is 3.37. The molecule has 4 heteroatoms. The van der Waals surface area contributed by atoms with Crippen molar-refractivity contribution in [3.63, 3.8) is 0 Å². The van der Waals surface area contributed by atoms with Gasteiger partial charge < -0.3 is 10.8 Å². The lowest BCUT2D eigenvalue weighted by Crippen LogP contribution is -2.22. The molecular weight excluding hydrogens is 102 g/mol. The fourth-order valence-electron chi connectivity index (χ4n) is 0. The van der Waals surface area contributed by atoms with Crippen LogP contribution in [0.1, 0.15) is 0 Å². The van der Waals surface area contributed by atoms with Crippen LogP contribution in [-0.4, -0.2) is 16.4 Å². The number of thiol groups is 1. The van der Waals surface area contributed by atoms with Gasteiger partial charge in [-0.25, -0.2) is 4.79 Å². The molecule has 0 aromatic carbocycles. The van der Waals surface area contributed by atoms with Crippen LogP contribution >= 0.6 is 12.6 Å². The molecule has 3 N–H and O–H groups in total. The topological polar surface area (TPSA) is 63.3 Å². The van der Waals surface area contributed by atoms with Gasteiger partial charge in [0, 0.05) is 0 Å². The Balaban J connectivity index is 3.26. The van der Waals surface area contributed by atoms with E-state index in [4.69, 9.17) is 10.8 Å². The van der Waals surface area contributed by atoms with Crippen LogP contribution in [-0.2, 0) is 4.79 Å². The Kier molecular flexibility index (Phi) is 1.97. The van der Waals surface area contributed by atoms with E-state index >= 15 is 0 Å². The molecular formula is C2H5NO2S. The Morgan fingerprint density at radius 2 is 2.17 bits per heavy atom. The van der Waals surface area contributed by atoms with Gasteiger partial charge in [-0.1, -0.05) is 0 Å². The number of hydrogen-bond acceptors (Lipinski definition) is 3. The van der Waals surface area contributed by atoms with Crippen molar-refractivity contribution in [2.45, 2.75) is 5.37 Å². The maximum absolute atomic E-state index is 9.50. The minimum atomic E-state index is -1.10. The number of carboxylic acid groups (broad SMARTS) is 1. The summed E-state index contributed by atoms with van der Waals surface area (Å²) in [6.07, 6.45) is 0. The van der Waals surface area contributed by atoms with Gasteiger partial charge in [-0.2, -0.15) is 0 Å². The smallest absolute Gasteiger partial charge is 0.330 e. The number of rotatable bonds is 1. The maximum Gasteiger partial charge on any atom is 0.330 e. The van der Waals surface area contributed by atoms with Crippen molar-refractivity contribution in [3.8, 4) is 0 Å². The fraction of sp³-hybridized carbons (Fsp3) is 0.500. The number of aliphatic carboxylic acids is 1. The van der Waals surface area contributed by atoms with E-state index in [0.29, 0.717) is 0 Å². The zero-order chi connectivity index (χ0) is 5.15. The third kappa shape index (κ3) is 2.04. The van der Waals surface area contributed by atoms with Crippen molar-refractivity contribution >= 4 is 18.6 Å². The number of carboxylic acids is 1. The van der Waals surface area contributed by atoms with E-state index in [-0.39, 0.29) is 0 Å². The lowest BCUT2D eigenvalue weighted by Gasteiger charge is -1.89. The molecule has 1 atom stereocenters. The van der Waals surface area contributed by atoms with E-state index in [1.165, 1.54) is 0 Å². The molecule has 0 heterocycles. The minimum absolute atomic E-state index is 1.04. The summed E-state index contributed by atoms with van der Waals surface area (Å²) in [6, 6.07) is 0. The molecule has 0 amide bonds. The van der Waals surface area contributed by atoms with Crippen molar-refractivity contribution < 1.29 is 9.90 Å².